The maximum Gasteiger partial charge on any atom is 0.236 e. The zero-order valence-corrected chi connectivity index (χ0v) is 17.2. The first kappa shape index (κ1) is 19.8. The molecule has 1 aromatic rings. The van der Waals surface area contributed by atoms with Crippen LogP contribution in [0.15, 0.2) is 0 Å². The van der Waals surface area contributed by atoms with Crippen molar-refractivity contribution in [1.29, 1.82) is 0 Å². The summed E-state index contributed by atoms with van der Waals surface area (Å²) in [6.45, 7) is 10.1. The van der Waals surface area contributed by atoms with Gasteiger partial charge in [0.25, 0.3) is 0 Å². The van der Waals surface area contributed by atoms with Gasteiger partial charge in [-0.1, -0.05) is 13.8 Å². The molecule has 2 aliphatic rings. The number of aromatic nitrogens is 3. The maximum absolute atomic E-state index is 12.4. The third-order valence-corrected chi connectivity index (χ3v) is 5.23. The third kappa shape index (κ3) is 5.06. The lowest BCUT2D eigenvalue weighted by Crippen LogP contribution is -2.40. The predicted molar refractivity (Wildman–Crippen MR) is 107 cm³/mol. The summed E-state index contributed by atoms with van der Waals surface area (Å²) in [7, 11) is 3.91. The fraction of sp³-hybridized carbons (Fsp3) is 0.789. The molecule has 0 N–H and O–H groups in total. The molecular weight excluding hydrogens is 342 g/mol. The number of likely N-dealkylation sites (tertiary alicyclic amines) is 1. The summed E-state index contributed by atoms with van der Waals surface area (Å²) in [4.78, 5) is 34.8. The van der Waals surface area contributed by atoms with Crippen LogP contribution in [-0.4, -0.2) is 90.6 Å². The molecule has 0 aliphatic carbocycles. The largest absolute Gasteiger partial charge is 0.347 e. The lowest BCUT2D eigenvalue weighted by Gasteiger charge is -2.24. The van der Waals surface area contributed by atoms with Gasteiger partial charge in [-0.05, 0) is 19.3 Å². The molecule has 0 bridgehead atoms. The van der Waals surface area contributed by atoms with Gasteiger partial charge < -0.3 is 14.7 Å². The molecule has 1 aromatic heterocycles. The van der Waals surface area contributed by atoms with Crippen LogP contribution in [0.3, 0.4) is 0 Å². The Hall–Kier alpha value is -1.96. The van der Waals surface area contributed by atoms with E-state index in [9.17, 15) is 4.79 Å². The Balaban J connectivity index is 1.66. The molecule has 2 saturated heterocycles. The standard InChI is InChI=1S/C19H33N7O/c1-15(2)17-20-18(23(3)4)22-19(21-17)26-11-7-8-24(12-13-26)14-16(27)25-9-5-6-10-25/h15H,5-14H2,1-4H3. The summed E-state index contributed by atoms with van der Waals surface area (Å²) < 4.78 is 0. The summed E-state index contributed by atoms with van der Waals surface area (Å²) in [6, 6.07) is 0. The van der Waals surface area contributed by atoms with Gasteiger partial charge in [0.2, 0.25) is 17.8 Å². The van der Waals surface area contributed by atoms with Crippen molar-refractivity contribution in [3.8, 4) is 0 Å². The maximum atomic E-state index is 12.4. The Morgan fingerprint density at radius 2 is 1.70 bits per heavy atom. The fourth-order valence-electron chi connectivity index (χ4n) is 3.56. The molecule has 0 atom stereocenters. The van der Waals surface area contributed by atoms with Crippen LogP contribution in [0.4, 0.5) is 11.9 Å². The number of carbonyl (C=O) groups excluding carboxylic acids is 1. The van der Waals surface area contributed by atoms with Gasteiger partial charge in [0, 0.05) is 59.3 Å². The van der Waals surface area contributed by atoms with Crippen molar-refractivity contribution in [3.63, 3.8) is 0 Å². The highest BCUT2D eigenvalue weighted by Crippen LogP contribution is 2.19. The molecule has 150 valence electrons. The minimum absolute atomic E-state index is 0.256. The molecule has 0 radical (unpaired) electrons. The molecule has 0 saturated carbocycles. The van der Waals surface area contributed by atoms with Gasteiger partial charge in [0.05, 0.1) is 6.54 Å². The van der Waals surface area contributed by atoms with E-state index in [0.29, 0.717) is 12.5 Å². The van der Waals surface area contributed by atoms with Crippen LogP contribution >= 0.6 is 0 Å². The zero-order chi connectivity index (χ0) is 19.4. The van der Waals surface area contributed by atoms with Crippen molar-refractivity contribution in [2.75, 3.05) is 69.7 Å². The van der Waals surface area contributed by atoms with Gasteiger partial charge in [-0.15, -0.1) is 0 Å². The topological polar surface area (TPSA) is 68.7 Å². The number of hydrogen-bond donors (Lipinski definition) is 0. The average Bonchev–Trinajstić information content (AvgIpc) is 3.09. The highest BCUT2D eigenvalue weighted by atomic mass is 16.2. The van der Waals surface area contributed by atoms with Gasteiger partial charge in [-0.2, -0.15) is 15.0 Å². The van der Waals surface area contributed by atoms with Crippen LogP contribution in [0.2, 0.25) is 0 Å². The van der Waals surface area contributed by atoms with Crippen LogP contribution in [0.5, 0.6) is 0 Å². The molecule has 8 heteroatoms. The summed E-state index contributed by atoms with van der Waals surface area (Å²) >= 11 is 0. The minimum atomic E-state index is 0.256. The fourth-order valence-corrected chi connectivity index (χ4v) is 3.56. The van der Waals surface area contributed by atoms with Gasteiger partial charge in [0.15, 0.2) is 0 Å². The number of hydrogen-bond acceptors (Lipinski definition) is 7. The highest BCUT2D eigenvalue weighted by molar-refractivity contribution is 5.78. The van der Waals surface area contributed by atoms with E-state index in [1.807, 2.05) is 23.9 Å². The molecular formula is C19H33N7O. The minimum Gasteiger partial charge on any atom is -0.347 e. The SMILES string of the molecule is CC(C)c1nc(N(C)C)nc(N2CCCN(CC(=O)N3CCCC3)CC2)n1. The number of amides is 1. The zero-order valence-electron chi connectivity index (χ0n) is 17.2. The van der Waals surface area contributed by atoms with E-state index < -0.39 is 0 Å². The van der Waals surface area contributed by atoms with Crippen molar-refractivity contribution >= 4 is 17.8 Å². The molecule has 0 aromatic carbocycles. The van der Waals surface area contributed by atoms with E-state index in [4.69, 9.17) is 4.98 Å². The van der Waals surface area contributed by atoms with Crippen LogP contribution in [-0.2, 0) is 4.79 Å². The van der Waals surface area contributed by atoms with E-state index in [0.717, 1.165) is 70.3 Å². The Morgan fingerprint density at radius 3 is 2.37 bits per heavy atom. The number of nitrogens with zero attached hydrogens (tertiary/aromatic N) is 7. The first-order valence-corrected chi connectivity index (χ1v) is 10.1. The Kier molecular flexibility index (Phi) is 6.46. The number of carbonyl (C=O) groups is 1. The van der Waals surface area contributed by atoms with Gasteiger partial charge in [-0.25, -0.2) is 0 Å². The first-order chi connectivity index (χ1) is 12.9. The summed E-state index contributed by atoms with van der Waals surface area (Å²) in [5.74, 6) is 2.82. The first-order valence-electron chi connectivity index (χ1n) is 10.1. The highest BCUT2D eigenvalue weighted by Gasteiger charge is 2.24. The lowest BCUT2D eigenvalue weighted by molar-refractivity contribution is -0.131. The van der Waals surface area contributed by atoms with Crippen molar-refractivity contribution < 1.29 is 4.79 Å². The van der Waals surface area contributed by atoms with Gasteiger partial charge in [0.1, 0.15) is 5.82 Å². The monoisotopic (exact) mass is 375 g/mol. The second-order valence-electron chi connectivity index (χ2n) is 8.05. The van der Waals surface area contributed by atoms with Crippen molar-refractivity contribution in [3.05, 3.63) is 5.82 Å². The van der Waals surface area contributed by atoms with Gasteiger partial charge in [-0.3, -0.25) is 9.69 Å². The molecule has 2 aliphatic heterocycles. The molecule has 1 amide bonds. The van der Waals surface area contributed by atoms with Crippen LogP contribution in [0, 0.1) is 0 Å². The Bertz CT molecular complexity index is 617. The third-order valence-electron chi connectivity index (χ3n) is 5.23. The summed E-state index contributed by atoms with van der Waals surface area (Å²) in [5.41, 5.74) is 0. The Labute approximate surface area is 162 Å². The van der Waals surface area contributed by atoms with Crippen molar-refractivity contribution in [2.45, 2.75) is 39.0 Å². The molecule has 0 unspecified atom stereocenters. The molecule has 3 heterocycles. The smallest absolute Gasteiger partial charge is 0.236 e. The van der Waals surface area contributed by atoms with E-state index >= 15 is 0 Å². The molecule has 27 heavy (non-hydrogen) atoms. The van der Waals surface area contributed by atoms with E-state index in [1.54, 1.807) is 0 Å². The lowest BCUT2D eigenvalue weighted by atomic mass is 10.2. The molecule has 0 spiro atoms. The van der Waals surface area contributed by atoms with Crippen molar-refractivity contribution in [1.82, 2.24) is 24.8 Å². The quantitative estimate of drug-likeness (QED) is 0.766. The van der Waals surface area contributed by atoms with Crippen LogP contribution in [0.1, 0.15) is 44.9 Å². The van der Waals surface area contributed by atoms with Crippen molar-refractivity contribution in [2.24, 2.45) is 0 Å². The second-order valence-corrected chi connectivity index (χ2v) is 8.05. The Morgan fingerprint density at radius 1 is 0.963 bits per heavy atom. The van der Waals surface area contributed by atoms with E-state index in [1.165, 1.54) is 0 Å². The van der Waals surface area contributed by atoms with Crippen LogP contribution in [0.25, 0.3) is 0 Å². The number of rotatable bonds is 5. The molecule has 2 fully saturated rings. The predicted octanol–water partition coefficient (Wildman–Crippen LogP) is 1.20. The normalized spacial score (nSPS) is 18.9. The van der Waals surface area contributed by atoms with E-state index in [2.05, 4.69) is 33.6 Å². The molecule has 3 rings (SSSR count). The number of anilines is 2. The molecule has 8 nitrogen and oxygen atoms in total. The van der Waals surface area contributed by atoms with Gasteiger partial charge >= 0.3 is 0 Å². The average molecular weight is 376 g/mol. The van der Waals surface area contributed by atoms with E-state index in [-0.39, 0.29) is 11.8 Å². The second kappa shape index (κ2) is 8.82. The summed E-state index contributed by atoms with van der Waals surface area (Å²) in [5, 5.41) is 0. The summed E-state index contributed by atoms with van der Waals surface area (Å²) in [6.07, 6.45) is 3.30. The van der Waals surface area contributed by atoms with Crippen LogP contribution < -0.4 is 9.80 Å².